The molecule has 8 heteroatoms. The Morgan fingerprint density at radius 1 is 1.25 bits per heavy atom. The van der Waals surface area contributed by atoms with Crippen LogP contribution in [0.25, 0.3) is 0 Å². The molecule has 0 aliphatic carbocycles. The van der Waals surface area contributed by atoms with Gasteiger partial charge in [-0.3, -0.25) is 0 Å². The van der Waals surface area contributed by atoms with Crippen LogP contribution >= 0.6 is 10.7 Å². The number of amides is 2. The first-order valence-corrected chi connectivity index (χ1v) is 8.39. The monoisotopic (exact) mass is 322 g/mol. The Labute approximate surface area is 81.8 Å². The van der Waals surface area contributed by atoms with E-state index < -0.39 is 38.1 Å². The summed E-state index contributed by atoms with van der Waals surface area (Å²) >= 11 is -1.79. The fourth-order valence-corrected chi connectivity index (χ4v) is 4.78. The van der Waals surface area contributed by atoms with Crippen molar-refractivity contribution in [3.05, 3.63) is 12.2 Å². The number of nitrogens with zero attached hydrogens (tertiary/aromatic N) is 1. The van der Waals surface area contributed by atoms with Crippen LogP contribution in [0.1, 0.15) is 0 Å². The Balaban J connectivity index is 2.79. The molecule has 0 saturated heterocycles. The molecule has 0 saturated carbocycles. The second-order valence-corrected chi connectivity index (χ2v) is 11.0. The summed E-state index contributed by atoms with van der Waals surface area (Å²) in [5.74, 6) is -1.23. The number of hydrogen-bond acceptors (Lipinski definition) is 4. The molecule has 0 aromatic rings. The van der Waals surface area contributed by atoms with E-state index in [-0.39, 0.29) is 0 Å². The summed E-state index contributed by atoms with van der Waals surface area (Å²) in [6, 6.07) is 0. The van der Waals surface area contributed by atoms with E-state index >= 15 is 0 Å². The Morgan fingerprint density at radius 3 is 2.00 bits per heavy atom. The number of hydrogen-bond donors (Lipinski definition) is 0. The van der Waals surface area contributed by atoms with E-state index in [4.69, 9.17) is 10.7 Å². The summed E-state index contributed by atoms with van der Waals surface area (Å²) < 4.78 is 21.7. The molecule has 0 atom stereocenters. The summed E-state index contributed by atoms with van der Waals surface area (Å²) in [7, 11) is 4.89. The molecule has 68 valence electrons. The van der Waals surface area contributed by atoms with Crippen LogP contribution in [0.5, 0.6) is 0 Å². The molecule has 1 aliphatic rings. The Kier molecular flexibility index (Phi) is 2.74. The third kappa shape index (κ3) is 2.42. The van der Waals surface area contributed by atoms with E-state index in [9.17, 15) is 18.0 Å². The van der Waals surface area contributed by atoms with Crippen molar-refractivity contribution in [2.45, 2.75) is 0 Å². The van der Waals surface area contributed by atoms with Crippen LogP contribution in [0.4, 0.5) is 0 Å². The molecule has 1 heterocycles. The second kappa shape index (κ2) is 3.30. The van der Waals surface area contributed by atoms with E-state index in [1.54, 1.807) is 0 Å². The predicted octanol–water partition coefficient (Wildman–Crippen LogP) is -3.60. The molecular formula is C4H2ClINO4S-. The van der Waals surface area contributed by atoms with Gasteiger partial charge in [-0.25, -0.2) is 0 Å². The van der Waals surface area contributed by atoms with Crippen LogP contribution in [0.2, 0.25) is 0 Å². The molecule has 0 bridgehead atoms. The van der Waals surface area contributed by atoms with Crippen LogP contribution in [0, 0.1) is 0 Å². The zero-order valence-electron chi connectivity index (χ0n) is 5.40. The third-order valence-corrected chi connectivity index (χ3v) is 5.80. The van der Waals surface area contributed by atoms with Gasteiger partial charge in [-0.15, -0.1) is 0 Å². The van der Waals surface area contributed by atoms with Crippen molar-refractivity contribution in [3.63, 3.8) is 0 Å². The van der Waals surface area contributed by atoms with Gasteiger partial charge in [0.2, 0.25) is 0 Å². The van der Waals surface area contributed by atoms with Crippen molar-refractivity contribution in [1.82, 2.24) is 3.11 Å². The molecule has 5 nitrogen and oxygen atoms in total. The Morgan fingerprint density at radius 2 is 1.67 bits per heavy atom. The summed E-state index contributed by atoms with van der Waals surface area (Å²) in [5, 5.41) is 0. The van der Waals surface area contributed by atoms with E-state index in [1.165, 1.54) is 0 Å². The van der Waals surface area contributed by atoms with Gasteiger partial charge in [0, 0.05) is 0 Å². The molecule has 1 rings (SSSR count). The fourth-order valence-electron chi connectivity index (χ4n) is 0.533. The van der Waals surface area contributed by atoms with Gasteiger partial charge in [0.1, 0.15) is 0 Å². The maximum absolute atomic E-state index is 10.8. The van der Waals surface area contributed by atoms with Gasteiger partial charge in [0.25, 0.3) is 0 Å². The minimum absolute atomic E-state index is 0.614. The van der Waals surface area contributed by atoms with Crippen LogP contribution in [-0.2, 0) is 15.8 Å². The second-order valence-electron chi connectivity index (χ2n) is 1.74. The molecule has 12 heavy (non-hydrogen) atoms. The molecular weight excluding hydrogens is 320 g/mol. The van der Waals surface area contributed by atoms with Gasteiger partial charge >= 0.3 is 82.1 Å². The number of carbonyl (C=O) groups is 2. The number of rotatable bonds is 2. The first-order chi connectivity index (χ1) is 5.40. The third-order valence-electron chi connectivity index (χ3n) is 0.907. The molecule has 0 aromatic heterocycles. The molecule has 0 aromatic carbocycles. The van der Waals surface area contributed by atoms with Gasteiger partial charge in [0.05, 0.1) is 0 Å². The zero-order valence-corrected chi connectivity index (χ0v) is 9.13. The maximum atomic E-state index is 10.8. The SMILES string of the molecule is O=C1C=CC(=O)N1[I-]S(=O)(=O)Cl. The summed E-state index contributed by atoms with van der Waals surface area (Å²) in [5.41, 5.74) is 0. The Hall–Kier alpha value is -0.150. The summed E-state index contributed by atoms with van der Waals surface area (Å²) in [6.07, 6.45) is -1.71. The molecule has 0 radical (unpaired) electrons. The standard InChI is InChI=1S/C4H2ClINO4S/c5-12(10,11)6-7-3(8)1-2-4(7)9/h1-2H/q-1. The van der Waals surface area contributed by atoms with Crippen molar-refractivity contribution in [3.8, 4) is 0 Å². The molecule has 0 unspecified atom stereocenters. The van der Waals surface area contributed by atoms with E-state index in [1.807, 2.05) is 0 Å². The quantitative estimate of drug-likeness (QED) is 0.228. The van der Waals surface area contributed by atoms with Crippen LogP contribution in [-0.4, -0.2) is 23.3 Å². The van der Waals surface area contributed by atoms with Crippen LogP contribution < -0.4 is 20.1 Å². The van der Waals surface area contributed by atoms with Gasteiger partial charge in [-0.1, -0.05) is 0 Å². The first kappa shape index (κ1) is 9.93. The number of carbonyl (C=O) groups excluding carboxylic acids is 2. The van der Waals surface area contributed by atoms with Gasteiger partial charge in [-0.05, 0) is 0 Å². The number of imide groups is 1. The summed E-state index contributed by atoms with van der Waals surface area (Å²) in [4.78, 5) is 21.6. The average molecular weight is 322 g/mol. The van der Waals surface area contributed by atoms with Crippen molar-refractivity contribution < 1.29 is 38.1 Å². The predicted molar refractivity (Wildman–Crippen MR) is 35.8 cm³/mol. The molecule has 0 fully saturated rings. The molecule has 0 N–H and O–H groups in total. The van der Waals surface area contributed by atoms with E-state index in [0.717, 1.165) is 12.2 Å². The minimum atomic E-state index is -3.75. The number of halogens is 2. The van der Waals surface area contributed by atoms with E-state index in [2.05, 4.69) is 0 Å². The van der Waals surface area contributed by atoms with Crippen molar-refractivity contribution in [1.29, 1.82) is 0 Å². The molecule has 0 spiro atoms. The molecule has 1 aliphatic heterocycles. The fraction of sp³-hybridized carbons (Fsp3) is 0. The summed E-state index contributed by atoms with van der Waals surface area (Å²) in [6.45, 7) is 0. The van der Waals surface area contributed by atoms with Gasteiger partial charge in [-0.2, -0.15) is 0 Å². The zero-order chi connectivity index (χ0) is 9.35. The van der Waals surface area contributed by atoms with E-state index in [0.29, 0.717) is 3.11 Å². The molecule has 2 amide bonds. The van der Waals surface area contributed by atoms with Crippen molar-refractivity contribution >= 4 is 28.7 Å². The Bertz CT molecular complexity index is 343. The van der Waals surface area contributed by atoms with Gasteiger partial charge in [0.15, 0.2) is 0 Å². The van der Waals surface area contributed by atoms with Crippen LogP contribution in [0.3, 0.4) is 0 Å². The topological polar surface area (TPSA) is 71.5 Å². The average Bonchev–Trinajstić information content (AvgIpc) is 2.16. The van der Waals surface area contributed by atoms with Gasteiger partial charge < -0.3 is 0 Å². The van der Waals surface area contributed by atoms with Crippen molar-refractivity contribution in [2.24, 2.45) is 0 Å². The first-order valence-electron chi connectivity index (χ1n) is 2.58. The van der Waals surface area contributed by atoms with Crippen LogP contribution in [0.15, 0.2) is 12.2 Å². The normalized spacial score (nSPS) is 17.9. The van der Waals surface area contributed by atoms with Crippen molar-refractivity contribution in [2.75, 3.05) is 0 Å².